The van der Waals surface area contributed by atoms with Gasteiger partial charge in [0, 0.05) is 17.0 Å². The van der Waals surface area contributed by atoms with Crippen LogP contribution in [0, 0.1) is 0 Å². The van der Waals surface area contributed by atoms with Crippen molar-refractivity contribution >= 4 is 38.6 Å². The van der Waals surface area contributed by atoms with Crippen molar-refractivity contribution in [2.75, 3.05) is 6.54 Å². The molecule has 1 aromatic carbocycles. The average molecular weight is 326 g/mol. The van der Waals surface area contributed by atoms with Crippen LogP contribution in [0.4, 0.5) is 0 Å². The molecule has 1 aromatic heterocycles. The summed E-state index contributed by atoms with van der Waals surface area (Å²) in [5.74, 6) is 0. The Morgan fingerprint density at radius 2 is 1.95 bits per heavy atom. The maximum atomic E-state index is 12.1. The molecule has 3 N–H and O–H groups in total. The molecule has 0 saturated heterocycles. The van der Waals surface area contributed by atoms with Crippen molar-refractivity contribution in [1.82, 2.24) is 4.72 Å². The fourth-order valence-corrected chi connectivity index (χ4v) is 3.52. The lowest BCUT2D eigenvalue weighted by atomic mass is 10.2. The van der Waals surface area contributed by atoms with Gasteiger partial charge in [-0.25, -0.2) is 13.1 Å². The van der Waals surface area contributed by atoms with E-state index in [4.69, 9.17) is 18.0 Å². The first-order chi connectivity index (χ1) is 9.49. The highest BCUT2D eigenvalue weighted by molar-refractivity contribution is 7.89. The largest absolute Gasteiger partial charge is 0.389 e. The molecule has 2 rings (SSSR count). The van der Waals surface area contributed by atoms with E-state index in [-0.39, 0.29) is 9.88 Å². The van der Waals surface area contributed by atoms with Crippen LogP contribution in [0.25, 0.3) is 0 Å². The van der Waals surface area contributed by atoms with Crippen molar-refractivity contribution in [3.05, 3.63) is 52.2 Å². The summed E-state index contributed by atoms with van der Waals surface area (Å²) >= 11 is 6.44. The zero-order valence-corrected chi connectivity index (χ0v) is 13.0. The van der Waals surface area contributed by atoms with Crippen molar-refractivity contribution in [3.8, 4) is 0 Å². The van der Waals surface area contributed by atoms with E-state index in [1.54, 1.807) is 23.5 Å². The van der Waals surface area contributed by atoms with E-state index < -0.39 is 10.0 Å². The molecule has 1 heterocycles. The molecule has 20 heavy (non-hydrogen) atoms. The fraction of sp³-hybridized carbons (Fsp3) is 0.154. The molecule has 0 aliphatic carbocycles. The molecule has 0 saturated carbocycles. The standard InChI is InChI=1S/C13H14N2O2S3/c14-13(18)10-3-5-12(6-4-10)20(16,17)15-8-7-11-2-1-9-19-11/h1-6,9,15H,7-8H2,(H2,14,18). The van der Waals surface area contributed by atoms with Crippen molar-refractivity contribution < 1.29 is 8.42 Å². The average Bonchev–Trinajstić information content (AvgIpc) is 2.92. The predicted octanol–water partition coefficient (Wildman–Crippen LogP) is 1.90. The molecule has 0 unspecified atom stereocenters. The maximum absolute atomic E-state index is 12.1. The van der Waals surface area contributed by atoms with Crippen LogP contribution in [0.3, 0.4) is 0 Å². The van der Waals surface area contributed by atoms with Gasteiger partial charge in [0.1, 0.15) is 4.99 Å². The Morgan fingerprint density at radius 1 is 1.25 bits per heavy atom. The Balaban J connectivity index is 2.00. The van der Waals surface area contributed by atoms with Crippen molar-refractivity contribution in [1.29, 1.82) is 0 Å². The van der Waals surface area contributed by atoms with E-state index in [2.05, 4.69) is 4.72 Å². The summed E-state index contributed by atoms with van der Waals surface area (Å²) < 4.78 is 26.7. The highest BCUT2D eigenvalue weighted by Gasteiger charge is 2.13. The third-order valence-electron chi connectivity index (χ3n) is 2.69. The van der Waals surface area contributed by atoms with Crippen LogP contribution in [-0.2, 0) is 16.4 Å². The van der Waals surface area contributed by atoms with Gasteiger partial charge in [0.05, 0.1) is 4.90 Å². The van der Waals surface area contributed by atoms with Crippen molar-refractivity contribution in [2.45, 2.75) is 11.3 Å². The number of hydrogen-bond acceptors (Lipinski definition) is 4. The van der Waals surface area contributed by atoms with E-state index in [0.717, 1.165) is 4.88 Å². The second kappa shape index (κ2) is 6.45. The van der Waals surface area contributed by atoms with Crippen LogP contribution in [0.15, 0.2) is 46.7 Å². The van der Waals surface area contributed by atoms with E-state index in [9.17, 15) is 8.42 Å². The highest BCUT2D eigenvalue weighted by Crippen LogP contribution is 2.12. The van der Waals surface area contributed by atoms with Crippen molar-refractivity contribution in [2.24, 2.45) is 5.73 Å². The Morgan fingerprint density at radius 3 is 2.50 bits per heavy atom. The molecule has 0 amide bonds. The first kappa shape index (κ1) is 15.1. The molecule has 0 radical (unpaired) electrons. The molecule has 4 nitrogen and oxygen atoms in total. The number of thiocarbonyl (C=S) groups is 1. The minimum atomic E-state index is -3.49. The summed E-state index contributed by atoms with van der Waals surface area (Å²) in [5.41, 5.74) is 6.13. The third kappa shape index (κ3) is 3.86. The molecular formula is C13H14N2O2S3. The zero-order chi connectivity index (χ0) is 14.6. The number of nitrogens with one attached hydrogen (secondary N) is 1. The van der Waals surface area contributed by atoms with Gasteiger partial charge in [-0.1, -0.05) is 30.4 Å². The van der Waals surface area contributed by atoms with E-state index in [0.29, 0.717) is 18.5 Å². The number of rotatable bonds is 6. The second-order valence-corrected chi connectivity index (χ2v) is 7.35. The Kier molecular flexibility index (Phi) is 4.87. The van der Waals surface area contributed by atoms with Gasteiger partial charge < -0.3 is 5.73 Å². The van der Waals surface area contributed by atoms with Gasteiger partial charge in [0.25, 0.3) is 0 Å². The summed E-state index contributed by atoms with van der Waals surface area (Å²) in [5, 5.41) is 1.97. The van der Waals surface area contributed by atoms with Gasteiger partial charge >= 0.3 is 0 Å². The number of sulfonamides is 1. The minimum Gasteiger partial charge on any atom is -0.389 e. The summed E-state index contributed by atoms with van der Waals surface area (Å²) in [6.07, 6.45) is 0.682. The number of hydrogen-bond donors (Lipinski definition) is 2. The molecule has 0 spiro atoms. The summed E-state index contributed by atoms with van der Waals surface area (Å²) in [6.45, 7) is 0.375. The van der Waals surface area contributed by atoms with E-state index in [1.807, 2.05) is 17.5 Å². The van der Waals surface area contributed by atoms with E-state index >= 15 is 0 Å². The van der Waals surface area contributed by atoms with Crippen molar-refractivity contribution in [3.63, 3.8) is 0 Å². The van der Waals surface area contributed by atoms with Gasteiger partial charge in [-0.15, -0.1) is 11.3 Å². The molecule has 2 aromatic rings. The first-order valence-corrected chi connectivity index (χ1v) is 8.68. The zero-order valence-electron chi connectivity index (χ0n) is 10.6. The monoisotopic (exact) mass is 326 g/mol. The van der Waals surface area contributed by atoms with Crippen LogP contribution in [-0.4, -0.2) is 20.0 Å². The number of benzene rings is 1. The predicted molar refractivity (Wildman–Crippen MR) is 85.5 cm³/mol. The lowest BCUT2D eigenvalue weighted by molar-refractivity contribution is 0.582. The molecular weight excluding hydrogens is 312 g/mol. The molecule has 0 atom stereocenters. The SMILES string of the molecule is NC(=S)c1ccc(S(=O)(=O)NCCc2cccs2)cc1. The Hall–Kier alpha value is -1.28. The topological polar surface area (TPSA) is 72.2 Å². The molecule has 0 fully saturated rings. The smallest absolute Gasteiger partial charge is 0.240 e. The molecule has 106 valence electrons. The van der Waals surface area contributed by atoms with Crippen LogP contribution in [0.1, 0.15) is 10.4 Å². The number of nitrogens with two attached hydrogens (primary N) is 1. The second-order valence-electron chi connectivity index (χ2n) is 4.12. The van der Waals surface area contributed by atoms with Gasteiger partial charge in [-0.2, -0.15) is 0 Å². The van der Waals surface area contributed by atoms with Crippen LogP contribution >= 0.6 is 23.6 Å². The van der Waals surface area contributed by atoms with E-state index in [1.165, 1.54) is 12.1 Å². The fourth-order valence-electron chi connectivity index (χ4n) is 1.65. The normalized spacial score (nSPS) is 11.4. The molecule has 0 bridgehead atoms. The summed E-state index contributed by atoms with van der Waals surface area (Å²) in [7, 11) is -3.49. The Bertz CT molecular complexity index is 677. The summed E-state index contributed by atoms with van der Waals surface area (Å²) in [4.78, 5) is 1.61. The number of thiophene rings is 1. The van der Waals surface area contributed by atoms with Crippen LogP contribution in [0.5, 0.6) is 0 Å². The quantitative estimate of drug-likeness (QED) is 0.795. The molecule has 0 aliphatic rings. The minimum absolute atomic E-state index is 0.212. The van der Waals surface area contributed by atoms with Gasteiger partial charge in [-0.05, 0) is 30.0 Å². The third-order valence-corrected chi connectivity index (χ3v) is 5.34. The maximum Gasteiger partial charge on any atom is 0.240 e. The van der Waals surface area contributed by atoms with Gasteiger partial charge in [-0.3, -0.25) is 0 Å². The van der Waals surface area contributed by atoms with Gasteiger partial charge in [0.15, 0.2) is 0 Å². The highest BCUT2D eigenvalue weighted by atomic mass is 32.2. The lowest BCUT2D eigenvalue weighted by Crippen LogP contribution is -2.25. The first-order valence-electron chi connectivity index (χ1n) is 5.91. The lowest BCUT2D eigenvalue weighted by Gasteiger charge is -2.07. The molecule has 0 aliphatic heterocycles. The van der Waals surface area contributed by atoms with Crippen LogP contribution < -0.4 is 10.5 Å². The van der Waals surface area contributed by atoms with Crippen LogP contribution in [0.2, 0.25) is 0 Å². The van der Waals surface area contributed by atoms with Gasteiger partial charge in [0.2, 0.25) is 10.0 Å². The molecule has 7 heteroatoms. The summed E-state index contributed by atoms with van der Waals surface area (Å²) in [6, 6.07) is 10.1. The Labute approximate surface area is 127 Å².